The molecule has 0 N–H and O–H groups in total. The van der Waals surface area contributed by atoms with E-state index >= 15 is 0 Å². The van der Waals surface area contributed by atoms with Gasteiger partial charge in [-0.15, -0.1) is 0 Å². The van der Waals surface area contributed by atoms with E-state index in [4.69, 9.17) is 4.74 Å². The largest absolute Gasteiger partial charge is 0.466 e. The van der Waals surface area contributed by atoms with Gasteiger partial charge in [-0.25, -0.2) is 0 Å². The fraction of sp³-hybridized carbons (Fsp3) is 0.925. The lowest BCUT2D eigenvalue weighted by Gasteiger charge is -2.06. The molecule has 0 aliphatic heterocycles. The average molecular weight is 591 g/mol. The Morgan fingerprint density at radius 3 is 1.02 bits per heavy atom. The van der Waals surface area contributed by atoms with Gasteiger partial charge in [-0.2, -0.15) is 0 Å². The summed E-state index contributed by atoms with van der Waals surface area (Å²) >= 11 is 0. The van der Waals surface area contributed by atoms with E-state index in [0.29, 0.717) is 13.0 Å². The van der Waals surface area contributed by atoms with Crippen molar-refractivity contribution < 1.29 is 9.53 Å². The van der Waals surface area contributed by atoms with Gasteiger partial charge in [-0.1, -0.05) is 199 Å². The summed E-state index contributed by atoms with van der Waals surface area (Å²) in [5.74, 6) is 0.0259. The second-order valence-electron chi connectivity index (χ2n) is 13.3. The van der Waals surface area contributed by atoms with Crippen LogP contribution in [0.2, 0.25) is 0 Å². The molecule has 0 spiro atoms. The Hall–Kier alpha value is -0.790. The molecule has 0 aliphatic rings. The highest BCUT2D eigenvalue weighted by molar-refractivity contribution is 5.69. The lowest BCUT2D eigenvalue weighted by molar-refractivity contribution is -0.143. The summed E-state index contributed by atoms with van der Waals surface area (Å²) in [6, 6.07) is 0. The van der Waals surface area contributed by atoms with Gasteiger partial charge in [0.25, 0.3) is 0 Å². The first-order chi connectivity index (χ1) is 20.8. The van der Waals surface area contributed by atoms with E-state index in [1.807, 2.05) is 0 Å². The van der Waals surface area contributed by atoms with Crippen molar-refractivity contribution in [3.8, 4) is 0 Å². The molecule has 250 valence electrons. The van der Waals surface area contributed by atoms with Crippen molar-refractivity contribution >= 4 is 5.97 Å². The van der Waals surface area contributed by atoms with Crippen LogP contribution in [0.4, 0.5) is 0 Å². The number of rotatable bonds is 36. The van der Waals surface area contributed by atoms with Crippen molar-refractivity contribution in [2.75, 3.05) is 6.61 Å². The maximum atomic E-state index is 12.0. The van der Waals surface area contributed by atoms with E-state index in [2.05, 4.69) is 26.0 Å². The summed E-state index contributed by atoms with van der Waals surface area (Å²) in [5.41, 5.74) is 0. The molecule has 0 aromatic heterocycles. The van der Waals surface area contributed by atoms with Crippen molar-refractivity contribution in [1.29, 1.82) is 0 Å². The zero-order valence-electron chi connectivity index (χ0n) is 29.2. The molecule has 0 radical (unpaired) electrons. The minimum Gasteiger partial charge on any atom is -0.466 e. The molecule has 2 nitrogen and oxygen atoms in total. The van der Waals surface area contributed by atoms with E-state index in [1.165, 1.54) is 199 Å². The van der Waals surface area contributed by atoms with Crippen LogP contribution in [-0.2, 0) is 9.53 Å². The normalized spacial score (nSPS) is 11.6. The molecular formula is C40H78O2. The summed E-state index contributed by atoms with van der Waals surface area (Å²) in [5, 5.41) is 0. The molecule has 0 unspecified atom stereocenters. The van der Waals surface area contributed by atoms with Crippen LogP contribution in [-0.4, -0.2) is 12.6 Å². The molecule has 0 amide bonds. The third kappa shape index (κ3) is 37.2. The number of allylic oxidation sites excluding steroid dienone is 2. The minimum atomic E-state index is 0.0259. The fourth-order valence-electron chi connectivity index (χ4n) is 5.96. The lowest BCUT2D eigenvalue weighted by Crippen LogP contribution is -2.05. The van der Waals surface area contributed by atoms with Crippen LogP contribution in [0.1, 0.15) is 232 Å². The van der Waals surface area contributed by atoms with E-state index in [9.17, 15) is 4.79 Å². The summed E-state index contributed by atoms with van der Waals surface area (Å²) in [6.45, 7) is 5.21. The molecule has 0 fully saturated rings. The highest BCUT2D eigenvalue weighted by atomic mass is 16.5. The zero-order chi connectivity index (χ0) is 30.4. The number of hydrogen-bond donors (Lipinski definition) is 0. The van der Waals surface area contributed by atoms with Crippen molar-refractivity contribution in [3.05, 3.63) is 12.2 Å². The summed E-state index contributed by atoms with van der Waals surface area (Å²) in [6.07, 6.45) is 50.0. The molecular weight excluding hydrogens is 512 g/mol. The van der Waals surface area contributed by atoms with Crippen LogP contribution in [0.25, 0.3) is 0 Å². The number of unbranched alkanes of at least 4 members (excludes halogenated alkanes) is 30. The lowest BCUT2D eigenvalue weighted by atomic mass is 10.0. The highest BCUT2D eigenvalue weighted by Gasteiger charge is 2.03. The monoisotopic (exact) mass is 591 g/mol. The zero-order valence-corrected chi connectivity index (χ0v) is 29.2. The predicted octanol–water partition coefficient (Wildman–Crippen LogP) is 14.4. The maximum absolute atomic E-state index is 12.0. The third-order valence-corrected chi connectivity index (χ3v) is 8.90. The maximum Gasteiger partial charge on any atom is 0.305 e. The van der Waals surface area contributed by atoms with E-state index in [0.717, 1.165) is 12.8 Å². The van der Waals surface area contributed by atoms with Gasteiger partial charge in [0.05, 0.1) is 6.61 Å². The topological polar surface area (TPSA) is 26.3 Å². The van der Waals surface area contributed by atoms with Gasteiger partial charge >= 0.3 is 5.97 Å². The van der Waals surface area contributed by atoms with Gasteiger partial charge < -0.3 is 4.74 Å². The number of carbonyl (C=O) groups excluding carboxylic acids is 1. The molecule has 2 heteroatoms. The molecule has 0 heterocycles. The first kappa shape index (κ1) is 41.2. The van der Waals surface area contributed by atoms with Crippen LogP contribution >= 0.6 is 0 Å². The molecule has 42 heavy (non-hydrogen) atoms. The van der Waals surface area contributed by atoms with Gasteiger partial charge in [0, 0.05) is 6.42 Å². The van der Waals surface area contributed by atoms with Gasteiger partial charge in [0.1, 0.15) is 0 Å². The molecule has 0 bridgehead atoms. The van der Waals surface area contributed by atoms with Crippen molar-refractivity contribution in [1.82, 2.24) is 0 Å². The number of ether oxygens (including phenoxy) is 1. The smallest absolute Gasteiger partial charge is 0.305 e. The molecule has 0 rings (SSSR count). The van der Waals surface area contributed by atoms with Gasteiger partial charge in [0.15, 0.2) is 0 Å². The summed E-state index contributed by atoms with van der Waals surface area (Å²) < 4.78 is 5.45. The Bertz CT molecular complexity index is 526. The van der Waals surface area contributed by atoms with Crippen molar-refractivity contribution in [2.24, 2.45) is 0 Å². The molecule has 0 aromatic rings. The van der Waals surface area contributed by atoms with Crippen LogP contribution in [0.15, 0.2) is 12.2 Å². The standard InChI is InChI=1S/C40H78O2/c1-3-5-7-9-11-13-15-17-19-20-21-22-23-25-27-29-31-33-35-37-39-42-40(41)38-36-34-32-30-28-26-24-18-16-14-12-10-8-6-4-2/h17,19H,3-16,18,20-39H2,1-2H3/b19-17+. The Kier molecular flexibility index (Phi) is 37.5. The number of hydrogen-bond acceptors (Lipinski definition) is 2. The van der Waals surface area contributed by atoms with E-state index in [1.54, 1.807) is 0 Å². The number of carbonyl (C=O) groups is 1. The van der Waals surface area contributed by atoms with Crippen molar-refractivity contribution in [3.63, 3.8) is 0 Å². The Balaban J connectivity index is 3.17. The predicted molar refractivity (Wildman–Crippen MR) is 188 cm³/mol. The van der Waals surface area contributed by atoms with Crippen LogP contribution in [0, 0.1) is 0 Å². The molecule has 0 atom stereocenters. The van der Waals surface area contributed by atoms with Gasteiger partial charge in [0.2, 0.25) is 0 Å². The van der Waals surface area contributed by atoms with Crippen LogP contribution < -0.4 is 0 Å². The van der Waals surface area contributed by atoms with Crippen LogP contribution in [0.5, 0.6) is 0 Å². The SMILES string of the molecule is CCCCCCCC/C=C/CCCCCCCCCCCCOC(=O)CCCCCCCCCCCCCCCCC. The van der Waals surface area contributed by atoms with Gasteiger partial charge in [-0.3, -0.25) is 4.79 Å². The van der Waals surface area contributed by atoms with Crippen molar-refractivity contribution in [2.45, 2.75) is 232 Å². The molecule has 0 saturated carbocycles. The number of esters is 1. The first-order valence-corrected chi connectivity index (χ1v) is 19.6. The summed E-state index contributed by atoms with van der Waals surface area (Å²) in [7, 11) is 0. The first-order valence-electron chi connectivity index (χ1n) is 19.6. The molecule has 0 aromatic carbocycles. The Morgan fingerprint density at radius 2 is 0.667 bits per heavy atom. The van der Waals surface area contributed by atoms with Gasteiger partial charge in [-0.05, 0) is 38.5 Å². The Morgan fingerprint density at radius 1 is 0.381 bits per heavy atom. The fourth-order valence-corrected chi connectivity index (χ4v) is 5.96. The van der Waals surface area contributed by atoms with Crippen LogP contribution in [0.3, 0.4) is 0 Å². The third-order valence-electron chi connectivity index (χ3n) is 8.90. The quantitative estimate of drug-likeness (QED) is 0.0412. The molecule has 0 aliphatic carbocycles. The highest BCUT2D eigenvalue weighted by Crippen LogP contribution is 2.15. The van der Waals surface area contributed by atoms with E-state index < -0.39 is 0 Å². The second kappa shape index (κ2) is 38.2. The second-order valence-corrected chi connectivity index (χ2v) is 13.3. The van der Waals surface area contributed by atoms with E-state index in [-0.39, 0.29) is 5.97 Å². The summed E-state index contributed by atoms with van der Waals surface area (Å²) in [4.78, 5) is 12.0. The molecule has 0 saturated heterocycles. The minimum absolute atomic E-state index is 0.0259. The Labute approximate surface area is 266 Å². The average Bonchev–Trinajstić information content (AvgIpc) is 3.00.